The highest BCUT2D eigenvalue weighted by atomic mass is 16.5. The Morgan fingerprint density at radius 2 is 1.76 bits per heavy atom. The van der Waals surface area contributed by atoms with Gasteiger partial charge in [0.25, 0.3) is 0 Å². The molecule has 0 amide bonds. The van der Waals surface area contributed by atoms with Gasteiger partial charge >= 0.3 is 0 Å². The molecule has 0 atom stereocenters. The van der Waals surface area contributed by atoms with Gasteiger partial charge in [-0.1, -0.05) is 0 Å². The number of rotatable bonds is 5. The molecule has 0 bridgehead atoms. The first kappa shape index (κ1) is 13.3. The lowest BCUT2D eigenvalue weighted by Gasteiger charge is -2.35. The first-order valence-corrected chi connectivity index (χ1v) is 7.30. The van der Waals surface area contributed by atoms with E-state index in [4.69, 9.17) is 4.74 Å². The molecular weight excluding hydrogens is 212 g/mol. The van der Waals surface area contributed by atoms with Crippen LogP contribution in [0.3, 0.4) is 0 Å². The molecule has 17 heavy (non-hydrogen) atoms. The lowest BCUT2D eigenvalue weighted by molar-refractivity contribution is 0.120. The molecule has 0 saturated carbocycles. The maximum absolute atomic E-state index is 5.17. The van der Waals surface area contributed by atoms with E-state index in [-0.39, 0.29) is 0 Å². The van der Waals surface area contributed by atoms with Crippen LogP contribution < -0.4 is 5.32 Å². The Balaban J connectivity index is 1.61. The van der Waals surface area contributed by atoms with Crippen LogP contribution in [0.5, 0.6) is 0 Å². The second kappa shape index (κ2) is 7.34. The van der Waals surface area contributed by atoms with Gasteiger partial charge in [0.05, 0.1) is 0 Å². The topological polar surface area (TPSA) is 24.5 Å². The van der Waals surface area contributed by atoms with Crippen molar-refractivity contribution in [2.45, 2.75) is 32.1 Å². The van der Waals surface area contributed by atoms with Gasteiger partial charge < -0.3 is 15.0 Å². The van der Waals surface area contributed by atoms with Gasteiger partial charge in [0, 0.05) is 20.3 Å². The van der Waals surface area contributed by atoms with Crippen LogP contribution in [0, 0.1) is 11.8 Å². The van der Waals surface area contributed by atoms with Crippen molar-refractivity contribution in [3.05, 3.63) is 0 Å². The predicted molar refractivity (Wildman–Crippen MR) is 71.3 cm³/mol. The molecular formula is C14H28N2O. The largest absolute Gasteiger partial charge is 0.385 e. The number of ether oxygens (including phenoxy) is 1. The summed E-state index contributed by atoms with van der Waals surface area (Å²) in [4.78, 5) is 2.69. The summed E-state index contributed by atoms with van der Waals surface area (Å²) in [6, 6.07) is 0. The summed E-state index contributed by atoms with van der Waals surface area (Å²) in [6.07, 6.45) is 6.79. The molecule has 2 saturated heterocycles. The first-order chi connectivity index (χ1) is 8.38. The average molecular weight is 240 g/mol. The van der Waals surface area contributed by atoms with Gasteiger partial charge in [-0.25, -0.2) is 0 Å². The third kappa shape index (κ3) is 4.57. The lowest BCUT2D eigenvalue weighted by atomic mass is 9.92. The standard InChI is InChI=1S/C14H28N2O/c1-17-11-6-13-4-9-16(10-5-13)12-14-2-7-15-8-3-14/h13-15H,2-12H2,1H3. The smallest absolute Gasteiger partial charge is 0.0464 e. The fourth-order valence-corrected chi connectivity index (χ4v) is 3.17. The molecule has 0 aromatic carbocycles. The van der Waals surface area contributed by atoms with Crippen molar-refractivity contribution in [2.24, 2.45) is 11.8 Å². The number of hydrogen-bond acceptors (Lipinski definition) is 3. The second-order valence-electron chi connectivity index (χ2n) is 5.72. The van der Waals surface area contributed by atoms with Gasteiger partial charge in [-0.05, 0) is 70.1 Å². The molecule has 3 heteroatoms. The van der Waals surface area contributed by atoms with E-state index >= 15 is 0 Å². The number of piperidine rings is 2. The van der Waals surface area contributed by atoms with Crippen molar-refractivity contribution in [2.75, 3.05) is 46.4 Å². The minimum absolute atomic E-state index is 0.916. The zero-order chi connectivity index (χ0) is 11.9. The van der Waals surface area contributed by atoms with E-state index in [1.807, 2.05) is 7.11 Å². The average Bonchev–Trinajstić information content (AvgIpc) is 2.39. The molecule has 0 aromatic heterocycles. The van der Waals surface area contributed by atoms with Crippen molar-refractivity contribution in [3.8, 4) is 0 Å². The Bertz CT molecular complexity index is 196. The highest BCUT2D eigenvalue weighted by molar-refractivity contribution is 4.77. The SMILES string of the molecule is COCCC1CCN(CC2CCNCC2)CC1. The van der Waals surface area contributed by atoms with Crippen LogP contribution in [0.25, 0.3) is 0 Å². The molecule has 0 unspecified atom stereocenters. The van der Waals surface area contributed by atoms with Crippen LogP contribution in [0.15, 0.2) is 0 Å². The molecule has 100 valence electrons. The fourth-order valence-electron chi connectivity index (χ4n) is 3.17. The third-order valence-electron chi connectivity index (χ3n) is 4.41. The van der Waals surface area contributed by atoms with E-state index in [0.29, 0.717) is 0 Å². The molecule has 0 aliphatic carbocycles. The Hall–Kier alpha value is -0.120. The summed E-state index contributed by atoms with van der Waals surface area (Å²) in [5.74, 6) is 1.87. The zero-order valence-electron chi connectivity index (χ0n) is 11.3. The molecule has 2 aliphatic heterocycles. The lowest BCUT2D eigenvalue weighted by Crippen LogP contribution is -2.40. The third-order valence-corrected chi connectivity index (χ3v) is 4.41. The number of nitrogens with one attached hydrogen (secondary N) is 1. The van der Waals surface area contributed by atoms with Gasteiger partial charge in [-0.3, -0.25) is 0 Å². The summed E-state index contributed by atoms with van der Waals surface area (Å²) in [5, 5.41) is 3.45. The van der Waals surface area contributed by atoms with Crippen molar-refractivity contribution >= 4 is 0 Å². The van der Waals surface area contributed by atoms with Crippen molar-refractivity contribution < 1.29 is 4.74 Å². The monoisotopic (exact) mass is 240 g/mol. The Morgan fingerprint density at radius 1 is 1.06 bits per heavy atom. The summed E-state index contributed by atoms with van der Waals surface area (Å²) in [7, 11) is 1.81. The Kier molecular flexibility index (Phi) is 5.75. The Labute approximate surface area is 106 Å². The molecule has 0 radical (unpaired) electrons. The molecule has 2 fully saturated rings. The maximum Gasteiger partial charge on any atom is 0.0464 e. The number of hydrogen-bond donors (Lipinski definition) is 1. The first-order valence-electron chi connectivity index (χ1n) is 7.30. The summed E-state index contributed by atoms with van der Waals surface area (Å²) >= 11 is 0. The molecule has 2 heterocycles. The summed E-state index contributed by atoms with van der Waals surface area (Å²) in [5.41, 5.74) is 0. The van der Waals surface area contributed by atoms with E-state index in [1.54, 1.807) is 0 Å². The normalized spacial score (nSPS) is 25.2. The van der Waals surface area contributed by atoms with Gasteiger partial charge in [-0.15, -0.1) is 0 Å². The van der Waals surface area contributed by atoms with E-state index in [1.165, 1.54) is 64.8 Å². The molecule has 1 N–H and O–H groups in total. The molecule has 2 aliphatic rings. The number of likely N-dealkylation sites (tertiary alicyclic amines) is 1. The minimum Gasteiger partial charge on any atom is -0.385 e. The number of nitrogens with zero attached hydrogens (tertiary/aromatic N) is 1. The van der Waals surface area contributed by atoms with E-state index in [0.717, 1.165) is 18.4 Å². The van der Waals surface area contributed by atoms with Gasteiger partial charge in [0.15, 0.2) is 0 Å². The van der Waals surface area contributed by atoms with Crippen molar-refractivity contribution in [1.29, 1.82) is 0 Å². The van der Waals surface area contributed by atoms with Crippen LogP contribution in [-0.4, -0.2) is 51.3 Å². The molecule has 0 aromatic rings. The number of methoxy groups -OCH3 is 1. The second-order valence-corrected chi connectivity index (χ2v) is 5.72. The van der Waals surface area contributed by atoms with Crippen molar-refractivity contribution in [1.82, 2.24) is 10.2 Å². The van der Waals surface area contributed by atoms with Crippen LogP contribution in [0.2, 0.25) is 0 Å². The maximum atomic E-state index is 5.17. The van der Waals surface area contributed by atoms with Crippen LogP contribution >= 0.6 is 0 Å². The van der Waals surface area contributed by atoms with Gasteiger partial charge in [0.2, 0.25) is 0 Å². The molecule has 0 spiro atoms. The van der Waals surface area contributed by atoms with Gasteiger partial charge in [-0.2, -0.15) is 0 Å². The fraction of sp³-hybridized carbons (Fsp3) is 1.00. The van der Waals surface area contributed by atoms with Crippen LogP contribution in [0.4, 0.5) is 0 Å². The van der Waals surface area contributed by atoms with Crippen LogP contribution in [-0.2, 0) is 4.74 Å². The highest BCUT2D eigenvalue weighted by Gasteiger charge is 2.22. The van der Waals surface area contributed by atoms with E-state index < -0.39 is 0 Å². The summed E-state index contributed by atoms with van der Waals surface area (Å²) in [6.45, 7) is 7.39. The highest BCUT2D eigenvalue weighted by Crippen LogP contribution is 2.22. The van der Waals surface area contributed by atoms with E-state index in [9.17, 15) is 0 Å². The Morgan fingerprint density at radius 3 is 2.41 bits per heavy atom. The van der Waals surface area contributed by atoms with E-state index in [2.05, 4.69) is 10.2 Å². The minimum atomic E-state index is 0.916. The van der Waals surface area contributed by atoms with Gasteiger partial charge in [0.1, 0.15) is 0 Å². The quantitative estimate of drug-likeness (QED) is 0.792. The predicted octanol–water partition coefficient (Wildman–Crippen LogP) is 1.73. The molecule has 2 rings (SSSR count). The van der Waals surface area contributed by atoms with Crippen LogP contribution in [0.1, 0.15) is 32.1 Å². The summed E-state index contributed by atoms with van der Waals surface area (Å²) < 4.78 is 5.17. The zero-order valence-corrected chi connectivity index (χ0v) is 11.3. The van der Waals surface area contributed by atoms with Crippen molar-refractivity contribution in [3.63, 3.8) is 0 Å². The molecule has 3 nitrogen and oxygen atoms in total.